The van der Waals surface area contributed by atoms with E-state index in [1.165, 1.54) is 5.56 Å². The largest absolute Gasteiger partial charge is 0.466 e. The van der Waals surface area contributed by atoms with Crippen molar-refractivity contribution in [2.45, 2.75) is 40.2 Å². The molecule has 1 atom stereocenters. The Hall–Kier alpha value is -0.760. The molecule has 0 spiro atoms. The van der Waals surface area contributed by atoms with Crippen LogP contribution in [-0.2, 0) is 0 Å². The molecule has 0 aliphatic heterocycles. The zero-order valence-corrected chi connectivity index (χ0v) is 9.85. The molecule has 2 nitrogen and oxygen atoms in total. The van der Waals surface area contributed by atoms with Gasteiger partial charge in [0.15, 0.2) is 0 Å². The van der Waals surface area contributed by atoms with Gasteiger partial charge in [-0.3, -0.25) is 0 Å². The van der Waals surface area contributed by atoms with E-state index in [-0.39, 0.29) is 0 Å². The highest BCUT2D eigenvalue weighted by Gasteiger charge is 2.16. The topological polar surface area (TPSA) is 25.2 Å². The van der Waals surface area contributed by atoms with Crippen LogP contribution in [0.5, 0.6) is 0 Å². The van der Waals surface area contributed by atoms with Gasteiger partial charge in [-0.05, 0) is 39.3 Å². The van der Waals surface area contributed by atoms with Crippen molar-refractivity contribution in [1.29, 1.82) is 0 Å². The standard InChI is InChI=1S/C12H21NO/c1-8(2)6-12(13-5)11-7-9(3)14-10(11)4/h7-8,12-13H,6H2,1-5H3. The normalized spacial score (nSPS) is 13.6. The molecule has 80 valence electrons. The van der Waals surface area contributed by atoms with Crippen LogP contribution in [0.1, 0.15) is 43.4 Å². The fraction of sp³-hybridized carbons (Fsp3) is 0.667. The predicted molar refractivity (Wildman–Crippen MR) is 59.4 cm³/mol. The molecule has 0 radical (unpaired) electrons. The number of hydrogen-bond donors (Lipinski definition) is 1. The van der Waals surface area contributed by atoms with Crippen molar-refractivity contribution in [1.82, 2.24) is 5.32 Å². The zero-order valence-electron chi connectivity index (χ0n) is 9.85. The second-order valence-corrected chi connectivity index (χ2v) is 4.34. The molecule has 0 aromatic carbocycles. The van der Waals surface area contributed by atoms with E-state index in [4.69, 9.17) is 4.42 Å². The van der Waals surface area contributed by atoms with Crippen LogP contribution in [0.2, 0.25) is 0 Å². The molecule has 2 heteroatoms. The maximum absolute atomic E-state index is 5.54. The monoisotopic (exact) mass is 195 g/mol. The molecule has 0 aliphatic carbocycles. The maximum Gasteiger partial charge on any atom is 0.105 e. The predicted octanol–water partition coefficient (Wildman–Crippen LogP) is 3.20. The molecule has 1 unspecified atom stereocenters. The van der Waals surface area contributed by atoms with Gasteiger partial charge >= 0.3 is 0 Å². The van der Waals surface area contributed by atoms with Crippen LogP contribution in [0, 0.1) is 19.8 Å². The summed E-state index contributed by atoms with van der Waals surface area (Å²) >= 11 is 0. The fourth-order valence-electron chi connectivity index (χ4n) is 1.87. The lowest BCUT2D eigenvalue weighted by Gasteiger charge is -2.17. The summed E-state index contributed by atoms with van der Waals surface area (Å²) in [7, 11) is 2.01. The van der Waals surface area contributed by atoms with E-state index >= 15 is 0 Å². The molecule has 1 rings (SSSR count). The van der Waals surface area contributed by atoms with Crippen molar-refractivity contribution in [3.63, 3.8) is 0 Å². The molecule has 0 aliphatic rings. The Labute approximate surface area is 86.7 Å². The highest BCUT2D eigenvalue weighted by molar-refractivity contribution is 5.24. The van der Waals surface area contributed by atoms with Crippen LogP contribution in [0.25, 0.3) is 0 Å². The lowest BCUT2D eigenvalue weighted by Crippen LogP contribution is -2.18. The van der Waals surface area contributed by atoms with Crippen LogP contribution in [0.4, 0.5) is 0 Å². The van der Waals surface area contributed by atoms with Crippen molar-refractivity contribution >= 4 is 0 Å². The molecule has 1 aromatic heterocycles. The first-order valence-corrected chi connectivity index (χ1v) is 5.28. The summed E-state index contributed by atoms with van der Waals surface area (Å²) in [6, 6.07) is 2.56. The quantitative estimate of drug-likeness (QED) is 0.798. The molecular formula is C12H21NO. The van der Waals surface area contributed by atoms with Gasteiger partial charge < -0.3 is 9.73 Å². The summed E-state index contributed by atoms with van der Waals surface area (Å²) in [4.78, 5) is 0. The van der Waals surface area contributed by atoms with E-state index in [1.54, 1.807) is 0 Å². The first-order valence-electron chi connectivity index (χ1n) is 5.28. The Balaban J connectivity index is 2.83. The van der Waals surface area contributed by atoms with E-state index < -0.39 is 0 Å². The van der Waals surface area contributed by atoms with Crippen LogP contribution < -0.4 is 5.32 Å². The molecule has 0 fully saturated rings. The number of nitrogens with one attached hydrogen (secondary N) is 1. The highest BCUT2D eigenvalue weighted by Crippen LogP contribution is 2.26. The molecule has 14 heavy (non-hydrogen) atoms. The fourth-order valence-corrected chi connectivity index (χ4v) is 1.87. The lowest BCUT2D eigenvalue weighted by molar-refractivity contribution is 0.442. The Morgan fingerprint density at radius 2 is 2.00 bits per heavy atom. The summed E-state index contributed by atoms with van der Waals surface area (Å²) in [5, 5.41) is 3.34. The molecule has 0 saturated heterocycles. The van der Waals surface area contributed by atoms with Gasteiger partial charge in [0, 0.05) is 11.6 Å². The first kappa shape index (κ1) is 11.3. The second-order valence-electron chi connectivity index (χ2n) is 4.34. The van der Waals surface area contributed by atoms with Crippen molar-refractivity contribution < 1.29 is 4.42 Å². The van der Waals surface area contributed by atoms with E-state index in [0.29, 0.717) is 12.0 Å². The van der Waals surface area contributed by atoms with E-state index in [2.05, 4.69) is 25.2 Å². The smallest absolute Gasteiger partial charge is 0.105 e. The van der Waals surface area contributed by atoms with Gasteiger partial charge in [-0.2, -0.15) is 0 Å². The Morgan fingerprint density at radius 3 is 2.36 bits per heavy atom. The Morgan fingerprint density at radius 1 is 1.36 bits per heavy atom. The SMILES string of the molecule is CNC(CC(C)C)c1cc(C)oc1C. The summed E-state index contributed by atoms with van der Waals surface area (Å²) in [6.07, 6.45) is 1.15. The van der Waals surface area contributed by atoms with Crippen LogP contribution >= 0.6 is 0 Å². The third-order valence-electron chi connectivity index (χ3n) is 2.51. The minimum atomic E-state index is 0.424. The highest BCUT2D eigenvalue weighted by atomic mass is 16.3. The van der Waals surface area contributed by atoms with Crippen LogP contribution in [-0.4, -0.2) is 7.05 Å². The molecule has 0 amide bonds. The van der Waals surface area contributed by atoms with Gasteiger partial charge in [0.1, 0.15) is 11.5 Å². The summed E-state index contributed by atoms with van der Waals surface area (Å²) in [5.41, 5.74) is 1.30. The first-order chi connectivity index (χ1) is 6.54. The van der Waals surface area contributed by atoms with Gasteiger partial charge in [0.05, 0.1) is 0 Å². The van der Waals surface area contributed by atoms with Crippen LogP contribution in [0.3, 0.4) is 0 Å². The van der Waals surface area contributed by atoms with Crippen molar-refractivity contribution in [2.24, 2.45) is 5.92 Å². The third kappa shape index (κ3) is 2.61. The molecule has 0 bridgehead atoms. The Kier molecular flexibility index (Phi) is 3.76. The molecule has 1 heterocycles. The summed E-state index contributed by atoms with van der Waals surface area (Å²) in [6.45, 7) is 8.52. The van der Waals surface area contributed by atoms with Crippen molar-refractivity contribution in [3.8, 4) is 0 Å². The van der Waals surface area contributed by atoms with Crippen molar-refractivity contribution in [2.75, 3.05) is 7.05 Å². The van der Waals surface area contributed by atoms with Crippen molar-refractivity contribution in [3.05, 3.63) is 23.2 Å². The lowest BCUT2D eigenvalue weighted by atomic mass is 9.97. The van der Waals surface area contributed by atoms with Gasteiger partial charge in [-0.15, -0.1) is 0 Å². The average Bonchev–Trinajstić information content (AvgIpc) is 2.41. The molecule has 1 aromatic rings. The number of aryl methyl sites for hydroxylation is 2. The van der Waals surface area contributed by atoms with Gasteiger partial charge in [-0.25, -0.2) is 0 Å². The van der Waals surface area contributed by atoms with E-state index in [0.717, 1.165) is 17.9 Å². The number of furan rings is 1. The third-order valence-corrected chi connectivity index (χ3v) is 2.51. The summed E-state index contributed by atoms with van der Waals surface area (Å²) < 4.78 is 5.54. The number of hydrogen-bond acceptors (Lipinski definition) is 2. The average molecular weight is 195 g/mol. The van der Waals surface area contributed by atoms with Gasteiger partial charge in [-0.1, -0.05) is 13.8 Å². The van der Waals surface area contributed by atoms with Gasteiger partial charge in [0.25, 0.3) is 0 Å². The van der Waals surface area contributed by atoms with Gasteiger partial charge in [0.2, 0.25) is 0 Å². The molecule has 1 N–H and O–H groups in total. The maximum atomic E-state index is 5.54. The Bertz CT molecular complexity index is 289. The van der Waals surface area contributed by atoms with E-state index in [9.17, 15) is 0 Å². The number of rotatable bonds is 4. The second kappa shape index (κ2) is 4.65. The minimum Gasteiger partial charge on any atom is -0.466 e. The van der Waals surface area contributed by atoms with E-state index in [1.807, 2.05) is 20.9 Å². The minimum absolute atomic E-state index is 0.424. The summed E-state index contributed by atoms with van der Waals surface area (Å²) in [5.74, 6) is 2.74. The molecular weight excluding hydrogens is 174 g/mol. The molecule has 0 saturated carbocycles. The van der Waals surface area contributed by atoms with Crippen LogP contribution in [0.15, 0.2) is 10.5 Å². The zero-order chi connectivity index (χ0) is 10.7.